The second-order valence-corrected chi connectivity index (χ2v) is 6.99. The molecule has 0 saturated heterocycles. The fourth-order valence-corrected chi connectivity index (χ4v) is 2.78. The van der Waals surface area contributed by atoms with Gasteiger partial charge in [0.05, 0.1) is 12.2 Å². The van der Waals surface area contributed by atoms with Gasteiger partial charge in [0.2, 0.25) is 5.95 Å². The van der Waals surface area contributed by atoms with Crippen molar-refractivity contribution in [2.24, 2.45) is 0 Å². The molecule has 0 atom stereocenters. The first-order valence-electron chi connectivity index (χ1n) is 8.60. The van der Waals surface area contributed by atoms with Crippen LogP contribution in [0.5, 0.6) is 0 Å². The standard InChI is InChI=1S/C17H28N4O3/c1-6-20(7-2)15-18-13-11-21(16(23)24-17(3,4)5)10-8-9-12(13)14(22)19-15/h6-11H2,1-5H3,(H,18,19,22). The molecule has 1 aromatic heterocycles. The number of carbonyl (C=O) groups excluding carboxylic acids is 1. The Morgan fingerprint density at radius 2 is 2.00 bits per heavy atom. The Balaban J connectivity index is 2.31. The fraction of sp³-hybridized carbons (Fsp3) is 0.706. The number of ether oxygens (including phenoxy) is 1. The van der Waals surface area contributed by atoms with Gasteiger partial charge in [0.15, 0.2) is 0 Å². The van der Waals surface area contributed by atoms with Crippen molar-refractivity contribution in [3.63, 3.8) is 0 Å². The zero-order valence-electron chi connectivity index (χ0n) is 15.3. The Morgan fingerprint density at radius 1 is 1.33 bits per heavy atom. The highest BCUT2D eigenvalue weighted by Gasteiger charge is 2.26. The molecule has 2 rings (SSSR count). The molecule has 0 bridgehead atoms. The zero-order chi connectivity index (χ0) is 17.9. The van der Waals surface area contributed by atoms with Crippen molar-refractivity contribution >= 4 is 12.0 Å². The van der Waals surface area contributed by atoms with Crippen molar-refractivity contribution in [1.82, 2.24) is 14.9 Å². The number of hydrogen-bond donors (Lipinski definition) is 1. The average Bonchev–Trinajstić information content (AvgIpc) is 2.69. The van der Waals surface area contributed by atoms with E-state index in [4.69, 9.17) is 4.74 Å². The number of aromatic amines is 1. The van der Waals surface area contributed by atoms with E-state index < -0.39 is 5.60 Å². The lowest BCUT2D eigenvalue weighted by atomic mass is 10.1. The van der Waals surface area contributed by atoms with Crippen LogP contribution in [0.1, 0.15) is 52.3 Å². The van der Waals surface area contributed by atoms with E-state index in [2.05, 4.69) is 9.97 Å². The number of rotatable bonds is 3. The Morgan fingerprint density at radius 3 is 2.58 bits per heavy atom. The van der Waals surface area contributed by atoms with Crippen LogP contribution < -0.4 is 10.5 Å². The molecule has 0 unspecified atom stereocenters. The molecule has 1 aliphatic heterocycles. The highest BCUT2D eigenvalue weighted by Crippen LogP contribution is 2.19. The first-order chi connectivity index (χ1) is 11.2. The molecule has 0 fully saturated rings. The van der Waals surface area contributed by atoms with Crippen molar-refractivity contribution in [2.75, 3.05) is 24.5 Å². The first kappa shape index (κ1) is 18.3. The summed E-state index contributed by atoms with van der Waals surface area (Å²) in [7, 11) is 0. The third-order valence-electron chi connectivity index (χ3n) is 4.00. The number of anilines is 1. The van der Waals surface area contributed by atoms with E-state index in [1.54, 1.807) is 4.90 Å². The lowest BCUT2D eigenvalue weighted by molar-refractivity contribution is 0.0234. The minimum Gasteiger partial charge on any atom is -0.444 e. The number of nitrogens with one attached hydrogen (secondary N) is 1. The molecule has 134 valence electrons. The lowest BCUT2D eigenvalue weighted by Crippen LogP contribution is -2.37. The third-order valence-corrected chi connectivity index (χ3v) is 4.00. The van der Waals surface area contributed by atoms with Gasteiger partial charge in [0, 0.05) is 25.2 Å². The van der Waals surface area contributed by atoms with Gasteiger partial charge in [-0.2, -0.15) is 0 Å². The smallest absolute Gasteiger partial charge is 0.410 e. The van der Waals surface area contributed by atoms with Crippen molar-refractivity contribution < 1.29 is 9.53 Å². The predicted octanol–water partition coefficient (Wildman–Crippen LogP) is 2.30. The van der Waals surface area contributed by atoms with Crippen LogP contribution in [0.15, 0.2) is 4.79 Å². The monoisotopic (exact) mass is 336 g/mol. The first-order valence-corrected chi connectivity index (χ1v) is 8.60. The second-order valence-electron chi connectivity index (χ2n) is 6.99. The van der Waals surface area contributed by atoms with E-state index in [1.807, 2.05) is 39.5 Å². The van der Waals surface area contributed by atoms with Gasteiger partial charge in [-0.05, 0) is 47.5 Å². The highest BCUT2D eigenvalue weighted by molar-refractivity contribution is 5.68. The Labute approximate surface area is 143 Å². The van der Waals surface area contributed by atoms with E-state index >= 15 is 0 Å². The van der Waals surface area contributed by atoms with Crippen LogP contribution >= 0.6 is 0 Å². The summed E-state index contributed by atoms with van der Waals surface area (Å²) in [6, 6.07) is 0. The maximum atomic E-state index is 12.4. The van der Waals surface area contributed by atoms with Gasteiger partial charge in [0.25, 0.3) is 5.56 Å². The van der Waals surface area contributed by atoms with Crippen LogP contribution in [0.3, 0.4) is 0 Å². The highest BCUT2D eigenvalue weighted by atomic mass is 16.6. The summed E-state index contributed by atoms with van der Waals surface area (Å²) in [5.41, 5.74) is 0.703. The molecule has 0 saturated carbocycles. The van der Waals surface area contributed by atoms with Crippen LogP contribution in [0.2, 0.25) is 0 Å². The lowest BCUT2D eigenvalue weighted by Gasteiger charge is -2.26. The van der Waals surface area contributed by atoms with Crippen molar-refractivity contribution in [1.29, 1.82) is 0 Å². The SMILES string of the molecule is CCN(CC)c1nc2c(c(=O)[nH]1)CCCN(C(=O)OC(C)(C)C)C2. The van der Waals surface area contributed by atoms with Crippen molar-refractivity contribution in [3.8, 4) is 0 Å². The van der Waals surface area contributed by atoms with E-state index in [0.29, 0.717) is 36.7 Å². The maximum Gasteiger partial charge on any atom is 0.410 e. The van der Waals surface area contributed by atoms with Gasteiger partial charge in [0.1, 0.15) is 5.60 Å². The van der Waals surface area contributed by atoms with Crippen molar-refractivity contribution in [2.45, 2.75) is 59.6 Å². The van der Waals surface area contributed by atoms with Crippen LogP contribution in [-0.4, -0.2) is 46.2 Å². The minimum absolute atomic E-state index is 0.104. The molecule has 0 aliphatic carbocycles. The maximum absolute atomic E-state index is 12.4. The Hall–Kier alpha value is -2.05. The normalized spacial score (nSPS) is 14.8. The van der Waals surface area contributed by atoms with E-state index in [9.17, 15) is 9.59 Å². The molecular weight excluding hydrogens is 308 g/mol. The summed E-state index contributed by atoms with van der Waals surface area (Å²) in [6.45, 7) is 12.0. The van der Waals surface area contributed by atoms with Gasteiger partial charge in [-0.15, -0.1) is 0 Å². The third kappa shape index (κ3) is 4.27. The minimum atomic E-state index is -0.541. The molecule has 7 heteroatoms. The Kier molecular flexibility index (Phi) is 5.51. The molecule has 0 radical (unpaired) electrons. The summed E-state index contributed by atoms with van der Waals surface area (Å²) in [5.74, 6) is 0.565. The Bertz CT molecular complexity index is 644. The fourth-order valence-electron chi connectivity index (χ4n) is 2.78. The van der Waals surface area contributed by atoms with Gasteiger partial charge in [-0.3, -0.25) is 9.78 Å². The number of amides is 1. The second kappa shape index (κ2) is 7.23. The quantitative estimate of drug-likeness (QED) is 0.916. The van der Waals surface area contributed by atoms with Gasteiger partial charge in [-0.25, -0.2) is 9.78 Å². The zero-order valence-corrected chi connectivity index (χ0v) is 15.3. The summed E-state index contributed by atoms with van der Waals surface area (Å²) in [5, 5.41) is 0. The van der Waals surface area contributed by atoms with Gasteiger partial charge < -0.3 is 14.5 Å². The van der Waals surface area contributed by atoms with Crippen molar-refractivity contribution in [3.05, 3.63) is 21.6 Å². The number of H-pyrrole nitrogens is 1. The molecule has 1 N–H and O–H groups in total. The van der Waals surface area contributed by atoms with E-state index in [1.165, 1.54) is 0 Å². The number of hydrogen-bond acceptors (Lipinski definition) is 5. The van der Waals surface area contributed by atoms with Crippen LogP contribution in [-0.2, 0) is 17.7 Å². The van der Waals surface area contributed by atoms with Crippen LogP contribution in [0, 0.1) is 0 Å². The summed E-state index contributed by atoms with van der Waals surface area (Å²) < 4.78 is 5.46. The van der Waals surface area contributed by atoms with Crippen LogP contribution in [0.4, 0.5) is 10.7 Å². The summed E-state index contributed by atoms with van der Waals surface area (Å²) >= 11 is 0. The molecule has 0 spiro atoms. The topological polar surface area (TPSA) is 78.5 Å². The number of aromatic nitrogens is 2. The molecule has 2 heterocycles. The van der Waals surface area contributed by atoms with E-state index in [-0.39, 0.29) is 11.7 Å². The number of carbonyl (C=O) groups is 1. The van der Waals surface area contributed by atoms with Gasteiger partial charge in [-0.1, -0.05) is 0 Å². The van der Waals surface area contributed by atoms with Gasteiger partial charge >= 0.3 is 6.09 Å². The number of fused-ring (bicyclic) bond motifs is 1. The molecule has 1 aromatic rings. The summed E-state index contributed by atoms with van der Waals surface area (Å²) in [6.07, 6.45) is 0.985. The number of nitrogens with zero attached hydrogens (tertiary/aromatic N) is 3. The molecule has 0 aromatic carbocycles. The molecule has 1 aliphatic rings. The average molecular weight is 336 g/mol. The molecule has 7 nitrogen and oxygen atoms in total. The largest absolute Gasteiger partial charge is 0.444 e. The van der Waals surface area contributed by atoms with Crippen LogP contribution in [0.25, 0.3) is 0 Å². The molecule has 24 heavy (non-hydrogen) atoms. The van der Waals surface area contributed by atoms with E-state index in [0.717, 1.165) is 19.5 Å². The predicted molar refractivity (Wildman–Crippen MR) is 93.4 cm³/mol. The molecule has 1 amide bonds. The molecular formula is C17H28N4O3. The summed E-state index contributed by atoms with van der Waals surface area (Å²) in [4.78, 5) is 35.9.